The van der Waals surface area contributed by atoms with Gasteiger partial charge in [-0.05, 0) is 61.7 Å². The van der Waals surface area contributed by atoms with Gasteiger partial charge in [0.25, 0.3) is 5.91 Å². The topological polar surface area (TPSA) is 46.9 Å². The molecular weight excluding hydrogens is 370 g/mol. The fraction of sp³-hybridized carbons (Fsp3) is 0.154. The highest BCUT2D eigenvalue weighted by Crippen LogP contribution is 2.24. The fourth-order valence-electron chi connectivity index (χ4n) is 3.45. The summed E-state index contributed by atoms with van der Waals surface area (Å²) in [6.45, 7) is 6.16. The van der Waals surface area contributed by atoms with E-state index >= 15 is 0 Å². The third-order valence-corrected chi connectivity index (χ3v) is 5.39. The molecule has 0 spiro atoms. The van der Waals surface area contributed by atoms with Crippen LogP contribution in [0.2, 0.25) is 0 Å². The average Bonchev–Trinajstić information content (AvgIpc) is 3.22. The van der Waals surface area contributed by atoms with Crippen LogP contribution in [-0.4, -0.2) is 15.7 Å². The van der Waals surface area contributed by atoms with Crippen molar-refractivity contribution in [3.05, 3.63) is 107 Å². The van der Waals surface area contributed by atoms with E-state index in [1.165, 1.54) is 11.1 Å². The van der Waals surface area contributed by atoms with Crippen LogP contribution in [0.5, 0.6) is 0 Å². The first kappa shape index (κ1) is 19.6. The molecule has 1 N–H and O–H groups in total. The Morgan fingerprint density at radius 2 is 1.53 bits per heavy atom. The van der Waals surface area contributed by atoms with Gasteiger partial charge in [-0.1, -0.05) is 60.7 Å². The van der Waals surface area contributed by atoms with Crippen molar-refractivity contribution in [2.24, 2.45) is 0 Å². The molecule has 1 heterocycles. The second-order valence-electron chi connectivity index (χ2n) is 7.57. The van der Waals surface area contributed by atoms with Crippen LogP contribution in [0.25, 0.3) is 16.9 Å². The van der Waals surface area contributed by atoms with Gasteiger partial charge < -0.3 is 5.32 Å². The normalized spacial score (nSPS) is 11.8. The Hall–Kier alpha value is -3.66. The number of rotatable bonds is 5. The molecule has 1 aromatic heterocycles. The van der Waals surface area contributed by atoms with Crippen molar-refractivity contribution in [1.29, 1.82) is 0 Å². The highest BCUT2D eigenvalue weighted by Gasteiger charge is 2.19. The van der Waals surface area contributed by atoms with Crippen LogP contribution < -0.4 is 5.32 Å². The average molecular weight is 396 g/mol. The molecule has 4 nitrogen and oxygen atoms in total. The molecule has 4 rings (SSSR count). The van der Waals surface area contributed by atoms with Crippen LogP contribution in [0.1, 0.15) is 40.1 Å². The summed E-state index contributed by atoms with van der Waals surface area (Å²) in [6, 6.07) is 27.7. The van der Waals surface area contributed by atoms with Gasteiger partial charge in [0.1, 0.15) is 5.69 Å². The van der Waals surface area contributed by atoms with E-state index in [1.807, 2.05) is 79.7 Å². The Balaban J connectivity index is 1.72. The van der Waals surface area contributed by atoms with Crippen LogP contribution >= 0.6 is 0 Å². The van der Waals surface area contributed by atoms with Crippen molar-refractivity contribution >= 4 is 5.91 Å². The van der Waals surface area contributed by atoms with Gasteiger partial charge in [0, 0.05) is 5.56 Å². The van der Waals surface area contributed by atoms with E-state index in [1.54, 1.807) is 4.68 Å². The van der Waals surface area contributed by atoms with E-state index in [0.29, 0.717) is 5.69 Å². The fourth-order valence-corrected chi connectivity index (χ4v) is 3.45. The third kappa shape index (κ3) is 4.03. The number of aryl methyl sites for hydroxylation is 2. The SMILES string of the molecule is Cc1ccc(-c2cc(C(=O)N[C@@H](C)c3ccccc3)n(-c3ccccc3)n2)cc1C. The molecule has 150 valence electrons. The van der Waals surface area contributed by atoms with Crippen LogP contribution in [0.4, 0.5) is 0 Å². The number of hydrogen-bond donors (Lipinski definition) is 1. The lowest BCUT2D eigenvalue weighted by molar-refractivity contribution is 0.0932. The second kappa shape index (κ2) is 8.37. The lowest BCUT2D eigenvalue weighted by atomic mass is 10.0. The van der Waals surface area contributed by atoms with Gasteiger partial charge in [-0.15, -0.1) is 0 Å². The largest absolute Gasteiger partial charge is 0.344 e. The van der Waals surface area contributed by atoms with Gasteiger partial charge in [-0.25, -0.2) is 4.68 Å². The summed E-state index contributed by atoms with van der Waals surface area (Å²) in [5.74, 6) is -0.155. The van der Waals surface area contributed by atoms with Crippen molar-refractivity contribution in [1.82, 2.24) is 15.1 Å². The zero-order valence-corrected chi connectivity index (χ0v) is 17.5. The molecule has 0 unspecified atom stereocenters. The van der Waals surface area contributed by atoms with Crippen molar-refractivity contribution in [3.63, 3.8) is 0 Å². The molecule has 0 bridgehead atoms. The molecule has 0 aliphatic rings. The van der Waals surface area contributed by atoms with E-state index in [-0.39, 0.29) is 11.9 Å². The number of nitrogens with zero attached hydrogens (tertiary/aromatic N) is 2. The van der Waals surface area contributed by atoms with Gasteiger partial charge in [0.05, 0.1) is 17.4 Å². The van der Waals surface area contributed by atoms with Crippen molar-refractivity contribution in [3.8, 4) is 16.9 Å². The number of nitrogens with one attached hydrogen (secondary N) is 1. The number of aromatic nitrogens is 2. The minimum atomic E-state index is -0.155. The summed E-state index contributed by atoms with van der Waals surface area (Å²) in [5.41, 5.74) is 6.63. The van der Waals surface area contributed by atoms with Crippen molar-refractivity contribution < 1.29 is 4.79 Å². The summed E-state index contributed by atoms with van der Waals surface area (Å²) in [6.07, 6.45) is 0. The summed E-state index contributed by atoms with van der Waals surface area (Å²) in [7, 11) is 0. The molecular formula is C26H25N3O. The van der Waals surface area contributed by atoms with Crippen LogP contribution in [0.3, 0.4) is 0 Å². The van der Waals surface area contributed by atoms with Gasteiger partial charge in [0.15, 0.2) is 0 Å². The molecule has 0 radical (unpaired) electrons. The van der Waals surface area contributed by atoms with Gasteiger partial charge in [-0.2, -0.15) is 5.10 Å². The summed E-state index contributed by atoms with van der Waals surface area (Å²) >= 11 is 0. The Kier molecular flexibility index (Phi) is 5.48. The monoisotopic (exact) mass is 395 g/mol. The first-order chi connectivity index (χ1) is 14.5. The van der Waals surface area contributed by atoms with E-state index < -0.39 is 0 Å². The molecule has 1 amide bonds. The van der Waals surface area contributed by atoms with E-state index in [0.717, 1.165) is 22.5 Å². The first-order valence-electron chi connectivity index (χ1n) is 10.1. The lowest BCUT2D eigenvalue weighted by Crippen LogP contribution is -2.28. The van der Waals surface area contributed by atoms with E-state index in [9.17, 15) is 4.79 Å². The van der Waals surface area contributed by atoms with E-state index in [4.69, 9.17) is 5.10 Å². The molecule has 0 saturated carbocycles. The maximum absolute atomic E-state index is 13.2. The first-order valence-corrected chi connectivity index (χ1v) is 10.1. The number of para-hydroxylation sites is 1. The number of hydrogen-bond acceptors (Lipinski definition) is 2. The maximum atomic E-state index is 13.2. The zero-order valence-electron chi connectivity index (χ0n) is 17.5. The molecule has 0 fully saturated rings. The Bertz CT molecular complexity index is 1160. The van der Waals surface area contributed by atoms with Gasteiger partial charge in [0.2, 0.25) is 0 Å². The quantitative estimate of drug-likeness (QED) is 0.475. The Morgan fingerprint density at radius 3 is 2.20 bits per heavy atom. The molecule has 3 aromatic carbocycles. The number of carbonyl (C=O) groups is 1. The third-order valence-electron chi connectivity index (χ3n) is 5.39. The number of benzene rings is 3. The molecule has 0 aliphatic heterocycles. The lowest BCUT2D eigenvalue weighted by Gasteiger charge is -2.15. The Labute approximate surface area is 177 Å². The zero-order chi connectivity index (χ0) is 21.1. The number of carbonyl (C=O) groups excluding carboxylic acids is 1. The maximum Gasteiger partial charge on any atom is 0.270 e. The number of amides is 1. The van der Waals surface area contributed by atoms with Crippen molar-refractivity contribution in [2.75, 3.05) is 0 Å². The molecule has 4 aromatic rings. The summed E-state index contributed by atoms with van der Waals surface area (Å²) in [4.78, 5) is 13.2. The van der Waals surface area contributed by atoms with Crippen LogP contribution in [-0.2, 0) is 0 Å². The minimum absolute atomic E-state index is 0.108. The second-order valence-corrected chi connectivity index (χ2v) is 7.57. The van der Waals surface area contributed by atoms with Crippen molar-refractivity contribution in [2.45, 2.75) is 26.8 Å². The molecule has 4 heteroatoms. The highest BCUT2D eigenvalue weighted by atomic mass is 16.2. The van der Waals surface area contributed by atoms with Gasteiger partial charge >= 0.3 is 0 Å². The predicted octanol–water partition coefficient (Wildman–Crippen LogP) is 5.65. The molecule has 30 heavy (non-hydrogen) atoms. The van der Waals surface area contributed by atoms with E-state index in [2.05, 4.69) is 31.3 Å². The summed E-state index contributed by atoms with van der Waals surface area (Å²) < 4.78 is 1.72. The minimum Gasteiger partial charge on any atom is -0.344 e. The summed E-state index contributed by atoms with van der Waals surface area (Å²) in [5, 5.41) is 7.89. The van der Waals surface area contributed by atoms with Crippen LogP contribution in [0.15, 0.2) is 84.9 Å². The standard InChI is InChI=1S/C26H25N3O/c1-18-14-15-22(16-19(18)2)24-17-25(29(28-24)23-12-8-5-9-13-23)26(30)27-20(3)21-10-6-4-7-11-21/h4-17,20H,1-3H3,(H,27,30)/t20-/m0/s1. The molecule has 0 aliphatic carbocycles. The predicted molar refractivity (Wildman–Crippen MR) is 121 cm³/mol. The molecule has 1 atom stereocenters. The molecule has 0 saturated heterocycles. The Morgan fingerprint density at radius 1 is 0.867 bits per heavy atom. The smallest absolute Gasteiger partial charge is 0.270 e. The van der Waals surface area contributed by atoms with Crippen LogP contribution in [0, 0.1) is 13.8 Å². The van der Waals surface area contributed by atoms with Gasteiger partial charge in [-0.3, -0.25) is 4.79 Å². The highest BCUT2D eigenvalue weighted by molar-refractivity contribution is 5.94.